The van der Waals surface area contributed by atoms with Crippen molar-refractivity contribution in [3.05, 3.63) is 45.1 Å². The van der Waals surface area contributed by atoms with Gasteiger partial charge in [-0.25, -0.2) is 0 Å². The van der Waals surface area contributed by atoms with Crippen molar-refractivity contribution in [3.63, 3.8) is 0 Å². The van der Waals surface area contributed by atoms with Crippen LogP contribution < -0.4 is 5.32 Å². The molecule has 0 aliphatic carbocycles. The Balaban J connectivity index is 2.19. The fraction of sp³-hybridized carbons (Fsp3) is 0.333. The molecule has 2 rings (SSSR count). The van der Waals surface area contributed by atoms with Gasteiger partial charge in [0, 0.05) is 30.2 Å². The molecule has 0 saturated carbocycles. The Morgan fingerprint density at radius 1 is 1.50 bits per heavy atom. The predicted molar refractivity (Wildman–Crippen MR) is 75.7 cm³/mol. The number of hydrogen-bond donors (Lipinski definition) is 1. The summed E-state index contributed by atoms with van der Waals surface area (Å²) in [6.45, 7) is 0. The highest BCUT2D eigenvalue weighted by molar-refractivity contribution is 9.10. The largest absolute Gasteiger partial charge is 0.313 e. The second kappa shape index (κ2) is 5.82. The zero-order valence-corrected chi connectivity index (χ0v) is 12.5. The lowest BCUT2D eigenvalue weighted by Gasteiger charge is -2.15. The first-order valence-corrected chi connectivity index (χ1v) is 6.74. The zero-order valence-electron chi connectivity index (χ0n) is 10.2. The minimum Gasteiger partial charge on any atom is -0.313 e. The molecule has 1 unspecified atom stereocenters. The quantitative estimate of drug-likeness (QED) is 0.938. The first-order valence-electron chi connectivity index (χ1n) is 5.57. The molecule has 1 heterocycles. The summed E-state index contributed by atoms with van der Waals surface area (Å²) in [5, 5.41) is 12.0. The van der Waals surface area contributed by atoms with Crippen LogP contribution in [0.2, 0.25) is 5.02 Å². The molecule has 0 amide bonds. The second-order valence-electron chi connectivity index (χ2n) is 4.10. The number of aromatic nitrogens is 3. The van der Waals surface area contributed by atoms with Gasteiger partial charge in [-0.15, -0.1) is 5.10 Å². The number of rotatable bonds is 4. The lowest BCUT2D eigenvalue weighted by atomic mass is 10.0. The van der Waals surface area contributed by atoms with Crippen LogP contribution in [0.15, 0.2) is 28.9 Å². The molecule has 18 heavy (non-hydrogen) atoms. The van der Waals surface area contributed by atoms with Crippen molar-refractivity contribution in [2.24, 2.45) is 7.05 Å². The maximum absolute atomic E-state index is 6.12. The van der Waals surface area contributed by atoms with Gasteiger partial charge in [-0.3, -0.25) is 4.68 Å². The summed E-state index contributed by atoms with van der Waals surface area (Å²) >= 11 is 9.51. The van der Waals surface area contributed by atoms with Crippen molar-refractivity contribution in [1.29, 1.82) is 0 Å². The van der Waals surface area contributed by atoms with E-state index in [0.29, 0.717) is 5.02 Å². The summed E-state index contributed by atoms with van der Waals surface area (Å²) in [6.07, 6.45) is 2.70. The number of likely N-dealkylation sites (N-methyl/N-ethyl adjacent to an activating group) is 1. The van der Waals surface area contributed by atoms with E-state index in [-0.39, 0.29) is 6.04 Å². The summed E-state index contributed by atoms with van der Waals surface area (Å²) < 4.78 is 2.61. The molecule has 1 aromatic heterocycles. The maximum Gasteiger partial charge on any atom is 0.0845 e. The highest BCUT2D eigenvalue weighted by atomic mass is 79.9. The highest BCUT2D eigenvalue weighted by Gasteiger charge is 2.13. The van der Waals surface area contributed by atoms with Crippen LogP contribution in [0.3, 0.4) is 0 Å². The molecule has 1 N–H and O–H groups in total. The molecular weight excluding hydrogens is 316 g/mol. The highest BCUT2D eigenvalue weighted by Crippen LogP contribution is 2.27. The number of hydrogen-bond acceptors (Lipinski definition) is 3. The number of benzene rings is 1. The van der Waals surface area contributed by atoms with Gasteiger partial charge in [0.2, 0.25) is 0 Å². The lowest BCUT2D eigenvalue weighted by Crippen LogP contribution is -2.19. The van der Waals surface area contributed by atoms with E-state index in [4.69, 9.17) is 11.6 Å². The Hall–Kier alpha value is -0.910. The smallest absolute Gasteiger partial charge is 0.0845 e. The summed E-state index contributed by atoms with van der Waals surface area (Å²) in [7, 11) is 3.79. The van der Waals surface area contributed by atoms with Crippen molar-refractivity contribution in [2.45, 2.75) is 12.5 Å². The van der Waals surface area contributed by atoms with Crippen LogP contribution in [0.5, 0.6) is 0 Å². The van der Waals surface area contributed by atoms with Crippen LogP contribution >= 0.6 is 27.5 Å². The van der Waals surface area contributed by atoms with Crippen LogP contribution in [-0.2, 0) is 13.5 Å². The van der Waals surface area contributed by atoms with E-state index >= 15 is 0 Å². The predicted octanol–water partition coefficient (Wildman–Crippen LogP) is 2.73. The SMILES string of the molecule is CNC(Cc1cn(C)nn1)c1ccc(Br)c(Cl)c1. The zero-order chi connectivity index (χ0) is 13.1. The van der Waals surface area contributed by atoms with E-state index in [1.165, 1.54) is 0 Å². The number of nitrogens with zero attached hydrogens (tertiary/aromatic N) is 3. The van der Waals surface area contributed by atoms with Crippen molar-refractivity contribution in [2.75, 3.05) is 7.05 Å². The molecule has 96 valence electrons. The molecular formula is C12H14BrClN4. The average Bonchev–Trinajstić information content (AvgIpc) is 2.75. The minimum absolute atomic E-state index is 0.173. The van der Waals surface area contributed by atoms with Gasteiger partial charge in [0.1, 0.15) is 0 Å². The van der Waals surface area contributed by atoms with Crippen molar-refractivity contribution in [3.8, 4) is 0 Å². The molecule has 0 spiro atoms. The van der Waals surface area contributed by atoms with E-state index in [2.05, 4.69) is 31.6 Å². The normalized spacial score (nSPS) is 12.7. The van der Waals surface area contributed by atoms with Gasteiger partial charge >= 0.3 is 0 Å². The molecule has 2 aromatic rings. The number of aryl methyl sites for hydroxylation is 1. The number of halogens is 2. The van der Waals surface area contributed by atoms with E-state index < -0.39 is 0 Å². The number of nitrogens with one attached hydrogen (secondary N) is 1. The van der Waals surface area contributed by atoms with Crippen LogP contribution in [0.1, 0.15) is 17.3 Å². The molecule has 0 aliphatic rings. The first kappa shape index (κ1) is 13.5. The summed E-state index contributed by atoms with van der Waals surface area (Å²) in [5.74, 6) is 0. The Kier molecular flexibility index (Phi) is 4.37. The maximum atomic E-state index is 6.12. The van der Waals surface area contributed by atoms with Gasteiger partial charge in [-0.05, 0) is 40.7 Å². The van der Waals surface area contributed by atoms with E-state index in [0.717, 1.165) is 22.2 Å². The van der Waals surface area contributed by atoms with E-state index in [1.54, 1.807) is 4.68 Å². The molecule has 0 fully saturated rings. The van der Waals surface area contributed by atoms with Gasteiger partial charge < -0.3 is 5.32 Å². The third kappa shape index (κ3) is 3.10. The van der Waals surface area contributed by atoms with Crippen LogP contribution in [0.4, 0.5) is 0 Å². The first-order chi connectivity index (χ1) is 8.60. The van der Waals surface area contributed by atoms with Gasteiger partial charge in [0.05, 0.1) is 10.7 Å². The molecule has 1 aromatic carbocycles. The van der Waals surface area contributed by atoms with Crippen molar-refractivity contribution < 1.29 is 0 Å². The van der Waals surface area contributed by atoms with Crippen molar-refractivity contribution >= 4 is 27.5 Å². The van der Waals surface area contributed by atoms with E-state index in [9.17, 15) is 0 Å². The van der Waals surface area contributed by atoms with Gasteiger partial charge in [0.15, 0.2) is 0 Å². The van der Waals surface area contributed by atoms with Crippen LogP contribution in [0.25, 0.3) is 0 Å². The fourth-order valence-corrected chi connectivity index (χ4v) is 2.25. The minimum atomic E-state index is 0.173. The third-order valence-electron chi connectivity index (χ3n) is 2.76. The lowest BCUT2D eigenvalue weighted by molar-refractivity contribution is 0.583. The Bertz CT molecular complexity index is 541. The Labute approximate surface area is 119 Å². The Morgan fingerprint density at radius 3 is 2.83 bits per heavy atom. The summed E-state index contributed by atoms with van der Waals surface area (Å²) in [5.41, 5.74) is 2.09. The fourth-order valence-electron chi connectivity index (χ4n) is 1.81. The molecule has 0 aliphatic heterocycles. The van der Waals surface area contributed by atoms with Crippen LogP contribution in [0, 0.1) is 0 Å². The second-order valence-corrected chi connectivity index (χ2v) is 5.36. The molecule has 1 atom stereocenters. The Morgan fingerprint density at radius 2 is 2.28 bits per heavy atom. The van der Waals surface area contributed by atoms with Gasteiger partial charge in [-0.2, -0.15) is 0 Å². The molecule has 0 bridgehead atoms. The van der Waals surface area contributed by atoms with Crippen molar-refractivity contribution in [1.82, 2.24) is 20.3 Å². The summed E-state index contributed by atoms with van der Waals surface area (Å²) in [4.78, 5) is 0. The molecule has 6 heteroatoms. The average molecular weight is 330 g/mol. The third-order valence-corrected chi connectivity index (χ3v) is 3.99. The monoisotopic (exact) mass is 328 g/mol. The topological polar surface area (TPSA) is 42.7 Å². The van der Waals surface area contributed by atoms with Gasteiger partial charge in [0.25, 0.3) is 0 Å². The molecule has 0 saturated heterocycles. The summed E-state index contributed by atoms with van der Waals surface area (Å²) in [6, 6.07) is 6.14. The molecule has 0 radical (unpaired) electrons. The van der Waals surface area contributed by atoms with Crippen LogP contribution in [-0.4, -0.2) is 22.0 Å². The molecule has 4 nitrogen and oxygen atoms in total. The van der Waals surface area contributed by atoms with E-state index in [1.807, 2.05) is 38.5 Å². The standard InChI is InChI=1S/C12H14BrClN4/c1-15-12(6-9-7-18(2)17-16-9)8-3-4-10(13)11(14)5-8/h3-5,7,12,15H,6H2,1-2H3. The van der Waals surface area contributed by atoms with Gasteiger partial charge in [-0.1, -0.05) is 22.9 Å².